The van der Waals surface area contributed by atoms with Crippen LogP contribution in [-0.2, 0) is 23.9 Å². The van der Waals surface area contributed by atoms with Gasteiger partial charge in [0.2, 0.25) is 0 Å². The van der Waals surface area contributed by atoms with Gasteiger partial charge in [-0.25, -0.2) is 0 Å². The minimum absolute atomic E-state index is 0.0840. The highest BCUT2D eigenvalue weighted by Crippen LogP contribution is 2.34. The molecule has 0 radical (unpaired) electrons. The van der Waals surface area contributed by atoms with Gasteiger partial charge in [0, 0.05) is 31.1 Å². The number of rotatable bonds is 36. The zero-order valence-electron chi connectivity index (χ0n) is 33.6. The lowest BCUT2D eigenvalue weighted by Crippen LogP contribution is -2.28. The molecule has 0 unspecified atom stereocenters. The fourth-order valence-corrected chi connectivity index (χ4v) is 7.33. The molecule has 1 rings (SSSR count). The van der Waals surface area contributed by atoms with Gasteiger partial charge in [-0.1, -0.05) is 174 Å². The molecule has 8 nitrogen and oxygen atoms in total. The van der Waals surface area contributed by atoms with Gasteiger partial charge in [0.25, 0.3) is 0 Å². The number of aliphatic hydroxyl groups is 3. The average molecular weight is 737 g/mol. The number of esters is 2. The summed E-state index contributed by atoms with van der Waals surface area (Å²) < 4.78 is 10.6. The lowest BCUT2D eigenvalue weighted by Gasteiger charge is -2.18. The number of aliphatic hydroxyl groups excluding tert-OH is 3. The highest BCUT2D eigenvalue weighted by Gasteiger charge is 2.39. The molecule has 0 saturated heterocycles. The van der Waals surface area contributed by atoms with E-state index in [0.29, 0.717) is 25.7 Å². The topological polar surface area (TPSA) is 130 Å². The van der Waals surface area contributed by atoms with Gasteiger partial charge in [0.05, 0.1) is 18.8 Å². The highest BCUT2D eigenvalue weighted by molar-refractivity contribution is 5.84. The van der Waals surface area contributed by atoms with Crippen LogP contribution in [0, 0.1) is 11.8 Å². The first-order chi connectivity index (χ1) is 25.3. The highest BCUT2D eigenvalue weighted by atomic mass is 16.6. The van der Waals surface area contributed by atoms with Crippen LogP contribution in [0.25, 0.3) is 0 Å². The van der Waals surface area contributed by atoms with Crippen LogP contribution in [0.15, 0.2) is 12.2 Å². The molecular formula is C44H80O8. The van der Waals surface area contributed by atoms with Crippen molar-refractivity contribution in [1.82, 2.24) is 0 Å². The van der Waals surface area contributed by atoms with E-state index < -0.39 is 18.3 Å². The molecule has 0 spiro atoms. The van der Waals surface area contributed by atoms with E-state index in [2.05, 4.69) is 13.8 Å². The molecule has 0 aromatic rings. The molecule has 1 saturated carbocycles. The number of hydrogen-bond donors (Lipinski definition) is 3. The van der Waals surface area contributed by atoms with Crippen LogP contribution in [-0.4, -0.2) is 64.6 Å². The summed E-state index contributed by atoms with van der Waals surface area (Å²) >= 11 is 0. The molecule has 8 heteroatoms. The minimum Gasteiger partial charge on any atom is -0.462 e. The van der Waals surface area contributed by atoms with Crippen molar-refractivity contribution in [2.24, 2.45) is 11.8 Å². The Morgan fingerprint density at radius 2 is 1.15 bits per heavy atom. The summed E-state index contributed by atoms with van der Waals surface area (Å²) in [5, 5.41) is 30.2. The van der Waals surface area contributed by atoms with Crippen LogP contribution in [0.2, 0.25) is 0 Å². The number of ketones is 1. The van der Waals surface area contributed by atoms with Gasteiger partial charge in [-0.05, 0) is 25.7 Å². The summed E-state index contributed by atoms with van der Waals surface area (Å²) in [6.45, 7) is 3.86. The molecule has 0 aliphatic heterocycles. The average Bonchev–Trinajstić information content (AvgIpc) is 3.40. The first-order valence-electron chi connectivity index (χ1n) is 21.8. The number of carbonyl (C=O) groups is 3. The molecule has 5 atom stereocenters. The molecule has 0 aromatic heterocycles. The fraction of sp³-hybridized carbons (Fsp3) is 0.886. The Morgan fingerprint density at radius 1 is 0.692 bits per heavy atom. The van der Waals surface area contributed by atoms with E-state index in [-0.39, 0.29) is 55.6 Å². The summed E-state index contributed by atoms with van der Waals surface area (Å²) in [4.78, 5) is 37.0. The Balaban J connectivity index is 2.02. The summed E-state index contributed by atoms with van der Waals surface area (Å²) in [6.07, 6.45) is 33.2. The first kappa shape index (κ1) is 48.2. The van der Waals surface area contributed by atoms with Crippen LogP contribution < -0.4 is 0 Å². The van der Waals surface area contributed by atoms with Gasteiger partial charge in [-0.15, -0.1) is 0 Å². The second kappa shape index (κ2) is 33.8. The van der Waals surface area contributed by atoms with Gasteiger partial charge in [-0.3, -0.25) is 14.4 Å². The quantitative estimate of drug-likeness (QED) is 0.0329. The van der Waals surface area contributed by atoms with E-state index in [4.69, 9.17) is 9.47 Å². The van der Waals surface area contributed by atoms with Crippen molar-refractivity contribution in [3.8, 4) is 0 Å². The van der Waals surface area contributed by atoms with E-state index in [1.165, 1.54) is 96.3 Å². The maximum absolute atomic E-state index is 12.5. The molecule has 3 N–H and O–H groups in total. The van der Waals surface area contributed by atoms with E-state index >= 15 is 0 Å². The molecule has 0 amide bonds. The van der Waals surface area contributed by atoms with Crippen LogP contribution >= 0.6 is 0 Å². The van der Waals surface area contributed by atoms with Gasteiger partial charge < -0.3 is 24.8 Å². The van der Waals surface area contributed by atoms with Gasteiger partial charge in [0.15, 0.2) is 6.10 Å². The van der Waals surface area contributed by atoms with Crippen LogP contribution in [0.4, 0.5) is 0 Å². The predicted molar refractivity (Wildman–Crippen MR) is 211 cm³/mol. The number of Topliss-reactive ketones (excluding diaryl/α,β-unsaturated/α-hetero) is 1. The molecule has 0 heterocycles. The van der Waals surface area contributed by atoms with Crippen molar-refractivity contribution in [2.45, 2.75) is 225 Å². The molecule has 1 aliphatic carbocycles. The van der Waals surface area contributed by atoms with Gasteiger partial charge in [-0.2, -0.15) is 0 Å². The van der Waals surface area contributed by atoms with Crippen molar-refractivity contribution in [3.05, 3.63) is 12.2 Å². The van der Waals surface area contributed by atoms with E-state index in [0.717, 1.165) is 57.8 Å². The Labute approximate surface area is 318 Å². The van der Waals surface area contributed by atoms with Crippen molar-refractivity contribution in [1.29, 1.82) is 0 Å². The monoisotopic (exact) mass is 737 g/mol. The molecule has 304 valence electrons. The van der Waals surface area contributed by atoms with Crippen molar-refractivity contribution < 1.29 is 39.2 Å². The third-order valence-corrected chi connectivity index (χ3v) is 10.7. The smallest absolute Gasteiger partial charge is 0.306 e. The summed E-state index contributed by atoms with van der Waals surface area (Å²) in [7, 11) is 0. The number of carbonyl (C=O) groups excluding carboxylic acids is 3. The summed E-state index contributed by atoms with van der Waals surface area (Å²) in [5.41, 5.74) is 0. The minimum atomic E-state index is -0.842. The largest absolute Gasteiger partial charge is 0.462 e. The SMILES string of the molecule is CCCCCCCCCCCCCCCCCCCCC(=O)O[C@@H](CO)COC(=O)CCCCCC[C@H]1C(=O)C[C@@H](O)[C@@H]1/C=C/[C@@H](O)CCCCC. The normalized spacial score (nSPS) is 18.6. The third-order valence-electron chi connectivity index (χ3n) is 10.7. The first-order valence-corrected chi connectivity index (χ1v) is 21.8. The van der Waals surface area contributed by atoms with Gasteiger partial charge in [0.1, 0.15) is 12.4 Å². The Morgan fingerprint density at radius 3 is 1.67 bits per heavy atom. The summed E-state index contributed by atoms with van der Waals surface area (Å²) in [6, 6.07) is 0. The molecule has 1 fully saturated rings. The van der Waals surface area contributed by atoms with Crippen molar-refractivity contribution in [2.75, 3.05) is 13.2 Å². The number of unbranched alkanes of at least 4 members (excludes halogenated alkanes) is 22. The number of ether oxygens (including phenoxy) is 2. The Kier molecular flexibility index (Phi) is 31.3. The van der Waals surface area contributed by atoms with E-state index in [1.807, 2.05) is 6.08 Å². The van der Waals surface area contributed by atoms with Crippen molar-refractivity contribution in [3.63, 3.8) is 0 Å². The molecular weight excluding hydrogens is 656 g/mol. The Bertz CT molecular complexity index is 905. The summed E-state index contributed by atoms with van der Waals surface area (Å²) in [5.74, 6) is -1.13. The second-order valence-corrected chi connectivity index (χ2v) is 15.6. The maximum atomic E-state index is 12.5. The van der Waals surface area contributed by atoms with Crippen LogP contribution in [0.5, 0.6) is 0 Å². The third kappa shape index (κ3) is 26.1. The maximum Gasteiger partial charge on any atom is 0.306 e. The molecule has 1 aliphatic rings. The zero-order chi connectivity index (χ0) is 38.1. The lowest BCUT2D eigenvalue weighted by atomic mass is 9.88. The predicted octanol–water partition coefficient (Wildman–Crippen LogP) is 10.3. The second-order valence-electron chi connectivity index (χ2n) is 15.6. The van der Waals surface area contributed by atoms with Crippen molar-refractivity contribution >= 4 is 17.7 Å². The Hall–Kier alpha value is -1.77. The molecule has 0 bridgehead atoms. The molecule has 0 aromatic carbocycles. The van der Waals surface area contributed by atoms with Gasteiger partial charge >= 0.3 is 11.9 Å². The fourth-order valence-electron chi connectivity index (χ4n) is 7.33. The van der Waals surface area contributed by atoms with Crippen LogP contribution in [0.1, 0.15) is 206 Å². The number of hydrogen-bond acceptors (Lipinski definition) is 8. The van der Waals surface area contributed by atoms with E-state index in [1.54, 1.807) is 6.08 Å². The molecule has 52 heavy (non-hydrogen) atoms. The zero-order valence-corrected chi connectivity index (χ0v) is 33.6. The lowest BCUT2D eigenvalue weighted by molar-refractivity contribution is -0.161. The standard InChI is InChI=1S/C44H80O8/c1-3-5-7-8-9-10-11-12-13-14-15-16-17-18-19-20-21-27-31-44(50)52-38(35-45)36-51-43(49)30-26-23-22-25-29-39-40(42(48)34-41(39)47)33-32-37(46)28-24-6-4-2/h32-33,37-40,42,45-46,48H,3-31,34-36H2,1-2H3/b33-32+/t37-,38-,39+,40+,42+/m0/s1. The van der Waals surface area contributed by atoms with Crippen LogP contribution in [0.3, 0.4) is 0 Å². The van der Waals surface area contributed by atoms with E-state index in [9.17, 15) is 29.7 Å².